The van der Waals surface area contributed by atoms with Crippen LogP contribution in [-0.4, -0.2) is 4.98 Å². The van der Waals surface area contributed by atoms with Gasteiger partial charge in [-0.05, 0) is 13.0 Å². The fourth-order valence-electron chi connectivity index (χ4n) is 1.84. The molecule has 3 aromatic rings. The Kier molecular flexibility index (Phi) is 1.70. The van der Waals surface area contributed by atoms with Crippen LogP contribution in [0.1, 0.15) is 4.88 Å². The van der Waals surface area contributed by atoms with E-state index in [1.807, 2.05) is 31.2 Å². The third kappa shape index (κ3) is 1.20. The predicted molar refractivity (Wildman–Crippen MR) is 64.7 cm³/mol. The molecular formula is C12H9NOS. The second-order valence-corrected chi connectivity index (χ2v) is 4.85. The van der Waals surface area contributed by atoms with Gasteiger partial charge >= 0.3 is 0 Å². The maximum atomic E-state index is 11.7. The van der Waals surface area contributed by atoms with Crippen molar-refractivity contribution in [1.82, 2.24) is 4.98 Å². The van der Waals surface area contributed by atoms with E-state index in [1.165, 1.54) is 0 Å². The van der Waals surface area contributed by atoms with Crippen LogP contribution in [0.25, 0.3) is 21.1 Å². The van der Waals surface area contributed by atoms with Gasteiger partial charge in [0.15, 0.2) is 0 Å². The highest BCUT2D eigenvalue weighted by atomic mass is 32.1. The topological polar surface area (TPSA) is 32.9 Å². The second kappa shape index (κ2) is 2.94. The van der Waals surface area contributed by atoms with Gasteiger partial charge in [-0.2, -0.15) is 0 Å². The molecule has 1 N–H and O–H groups in total. The SMILES string of the molecule is Cc1cc(=O)c2[nH]c3ccccc3c2s1. The molecule has 0 unspecified atom stereocenters. The number of fused-ring (bicyclic) bond motifs is 3. The monoisotopic (exact) mass is 215 g/mol. The molecule has 0 saturated carbocycles. The van der Waals surface area contributed by atoms with Gasteiger partial charge in [-0.3, -0.25) is 4.79 Å². The second-order valence-electron chi connectivity index (χ2n) is 3.60. The Bertz CT molecular complexity index is 708. The number of aromatic amines is 1. The molecule has 2 aromatic heterocycles. The van der Waals surface area contributed by atoms with Gasteiger partial charge in [0, 0.05) is 21.8 Å². The lowest BCUT2D eigenvalue weighted by Crippen LogP contribution is -1.97. The van der Waals surface area contributed by atoms with Gasteiger partial charge in [-0.25, -0.2) is 0 Å². The van der Waals surface area contributed by atoms with Crippen LogP contribution in [-0.2, 0) is 0 Å². The lowest BCUT2D eigenvalue weighted by Gasteiger charge is -1.91. The highest BCUT2D eigenvalue weighted by molar-refractivity contribution is 7.19. The van der Waals surface area contributed by atoms with Crippen LogP contribution >= 0.6 is 11.3 Å². The molecule has 15 heavy (non-hydrogen) atoms. The van der Waals surface area contributed by atoms with Crippen molar-refractivity contribution in [3.63, 3.8) is 0 Å². The molecule has 0 spiro atoms. The number of aromatic nitrogens is 1. The van der Waals surface area contributed by atoms with Crippen molar-refractivity contribution >= 4 is 32.5 Å². The number of para-hydroxylation sites is 1. The average molecular weight is 215 g/mol. The Morgan fingerprint density at radius 3 is 2.93 bits per heavy atom. The Morgan fingerprint density at radius 2 is 2.07 bits per heavy atom. The number of H-pyrrole nitrogens is 1. The summed E-state index contributed by atoms with van der Waals surface area (Å²) in [6.07, 6.45) is 0. The minimum atomic E-state index is 0.0810. The lowest BCUT2D eigenvalue weighted by atomic mass is 10.2. The minimum absolute atomic E-state index is 0.0810. The van der Waals surface area contributed by atoms with Crippen molar-refractivity contribution in [1.29, 1.82) is 0 Å². The summed E-state index contributed by atoms with van der Waals surface area (Å²) in [6.45, 7) is 1.97. The summed E-state index contributed by atoms with van der Waals surface area (Å²) in [4.78, 5) is 16.0. The number of hydrogen-bond acceptors (Lipinski definition) is 2. The van der Waals surface area contributed by atoms with Crippen LogP contribution in [0.4, 0.5) is 0 Å². The van der Waals surface area contributed by atoms with Crippen LogP contribution in [0.2, 0.25) is 0 Å². The van der Waals surface area contributed by atoms with Gasteiger partial charge in [0.25, 0.3) is 0 Å². The van der Waals surface area contributed by atoms with E-state index in [0.717, 1.165) is 26.0 Å². The first-order valence-electron chi connectivity index (χ1n) is 4.77. The van der Waals surface area contributed by atoms with Gasteiger partial charge < -0.3 is 4.98 Å². The number of benzene rings is 1. The molecule has 1 aromatic carbocycles. The summed E-state index contributed by atoms with van der Waals surface area (Å²) in [5, 5.41) is 1.14. The van der Waals surface area contributed by atoms with Crippen LogP contribution in [0.15, 0.2) is 35.1 Å². The third-order valence-electron chi connectivity index (χ3n) is 2.50. The molecule has 0 aliphatic carbocycles. The predicted octanol–water partition coefficient (Wildman–Crippen LogP) is 3.05. The van der Waals surface area contributed by atoms with E-state index in [1.54, 1.807) is 17.4 Å². The van der Waals surface area contributed by atoms with Crippen LogP contribution < -0.4 is 5.43 Å². The van der Waals surface area contributed by atoms with E-state index in [-0.39, 0.29) is 5.43 Å². The van der Waals surface area contributed by atoms with Crippen LogP contribution in [0.5, 0.6) is 0 Å². The maximum Gasteiger partial charge on any atom is 0.204 e. The molecule has 0 fully saturated rings. The van der Waals surface area contributed by atoms with Gasteiger partial charge in [0.1, 0.15) is 5.52 Å². The van der Waals surface area contributed by atoms with Gasteiger partial charge in [-0.1, -0.05) is 18.2 Å². The van der Waals surface area contributed by atoms with E-state index < -0.39 is 0 Å². The summed E-state index contributed by atoms with van der Waals surface area (Å²) in [7, 11) is 0. The van der Waals surface area contributed by atoms with Crippen LogP contribution in [0.3, 0.4) is 0 Å². The molecule has 74 valence electrons. The summed E-state index contributed by atoms with van der Waals surface area (Å²) in [5.41, 5.74) is 1.84. The summed E-state index contributed by atoms with van der Waals surface area (Å²) in [6, 6.07) is 9.69. The van der Waals surface area contributed by atoms with Gasteiger partial charge in [0.2, 0.25) is 5.43 Å². The zero-order chi connectivity index (χ0) is 10.4. The normalized spacial score (nSPS) is 11.3. The fraction of sp³-hybridized carbons (Fsp3) is 0.0833. The van der Waals surface area contributed by atoms with E-state index in [9.17, 15) is 4.79 Å². The molecule has 0 aliphatic rings. The molecule has 0 saturated heterocycles. The minimum Gasteiger partial charge on any atom is -0.351 e. The van der Waals surface area contributed by atoms with Crippen molar-refractivity contribution < 1.29 is 0 Å². The zero-order valence-electron chi connectivity index (χ0n) is 8.20. The first-order chi connectivity index (χ1) is 7.25. The summed E-state index contributed by atoms with van der Waals surface area (Å²) < 4.78 is 1.07. The highest BCUT2D eigenvalue weighted by Gasteiger charge is 2.07. The Hall–Kier alpha value is -1.61. The summed E-state index contributed by atoms with van der Waals surface area (Å²) in [5.74, 6) is 0. The van der Waals surface area contributed by atoms with E-state index in [2.05, 4.69) is 4.98 Å². The van der Waals surface area contributed by atoms with Crippen molar-refractivity contribution in [2.45, 2.75) is 6.92 Å². The maximum absolute atomic E-state index is 11.7. The first kappa shape index (κ1) is 8.68. The molecule has 0 bridgehead atoms. The van der Waals surface area contributed by atoms with E-state index in [4.69, 9.17) is 0 Å². The molecule has 0 atom stereocenters. The Balaban J connectivity index is 2.67. The quantitative estimate of drug-likeness (QED) is 0.614. The van der Waals surface area contributed by atoms with Crippen molar-refractivity contribution in [3.05, 3.63) is 45.4 Å². The van der Waals surface area contributed by atoms with E-state index >= 15 is 0 Å². The standard InChI is InChI=1S/C12H9NOS/c1-7-6-10(14)11-12(15-7)8-4-2-3-5-9(8)13-11/h2-6,13H,1H3. The molecule has 2 nitrogen and oxygen atoms in total. The summed E-state index contributed by atoms with van der Waals surface area (Å²) >= 11 is 1.66. The molecule has 0 amide bonds. The van der Waals surface area contributed by atoms with Gasteiger partial charge in [0.05, 0.1) is 4.70 Å². The third-order valence-corrected chi connectivity index (χ3v) is 3.57. The van der Waals surface area contributed by atoms with Gasteiger partial charge in [-0.15, -0.1) is 11.3 Å². The number of hydrogen-bond donors (Lipinski definition) is 1. The Morgan fingerprint density at radius 1 is 1.27 bits per heavy atom. The average Bonchev–Trinajstić information content (AvgIpc) is 2.57. The molecule has 3 heteroatoms. The highest BCUT2D eigenvalue weighted by Crippen LogP contribution is 2.27. The molecule has 2 heterocycles. The van der Waals surface area contributed by atoms with E-state index in [0.29, 0.717) is 0 Å². The van der Waals surface area contributed by atoms with Crippen molar-refractivity contribution in [2.24, 2.45) is 0 Å². The lowest BCUT2D eigenvalue weighted by molar-refractivity contribution is 1.49. The molecular weight excluding hydrogens is 206 g/mol. The van der Waals surface area contributed by atoms with Crippen molar-refractivity contribution in [3.8, 4) is 0 Å². The number of aryl methyl sites for hydroxylation is 1. The molecule has 0 aliphatic heterocycles. The number of nitrogens with one attached hydrogen (secondary N) is 1. The molecule has 0 radical (unpaired) electrons. The fourth-order valence-corrected chi connectivity index (χ4v) is 2.87. The van der Waals surface area contributed by atoms with Crippen LogP contribution in [0, 0.1) is 6.92 Å². The largest absolute Gasteiger partial charge is 0.351 e. The number of rotatable bonds is 0. The van der Waals surface area contributed by atoms with Crippen molar-refractivity contribution in [2.75, 3.05) is 0 Å². The first-order valence-corrected chi connectivity index (χ1v) is 5.58. The zero-order valence-corrected chi connectivity index (χ0v) is 9.02. The molecule has 3 rings (SSSR count). The Labute approximate surface area is 90.2 Å². The smallest absolute Gasteiger partial charge is 0.204 e.